The lowest BCUT2D eigenvalue weighted by atomic mass is 10.0. The summed E-state index contributed by atoms with van der Waals surface area (Å²) in [6.45, 7) is 4.34. The highest BCUT2D eigenvalue weighted by Gasteiger charge is 2.26. The number of carbonyl (C=O) groups is 3. The Hall–Kier alpha value is -3.87. The normalized spacial score (nSPS) is 15.0. The van der Waals surface area contributed by atoms with Crippen LogP contribution in [0.5, 0.6) is 11.5 Å². The molecule has 0 aliphatic carbocycles. The third-order valence-corrected chi connectivity index (χ3v) is 6.02. The summed E-state index contributed by atoms with van der Waals surface area (Å²) >= 11 is 0. The summed E-state index contributed by atoms with van der Waals surface area (Å²) in [6, 6.07) is 13.7. The first-order valence-electron chi connectivity index (χ1n) is 12.6. The molecule has 1 fully saturated rings. The van der Waals surface area contributed by atoms with Crippen LogP contribution in [0.1, 0.15) is 67.3 Å². The Morgan fingerprint density at radius 1 is 0.946 bits per heavy atom. The van der Waals surface area contributed by atoms with E-state index in [1.807, 2.05) is 0 Å². The Balaban J connectivity index is 1.27. The molecule has 0 spiro atoms. The largest absolute Gasteiger partial charge is 0.494 e. The van der Waals surface area contributed by atoms with Gasteiger partial charge in [-0.15, -0.1) is 0 Å². The van der Waals surface area contributed by atoms with E-state index in [9.17, 15) is 14.4 Å². The van der Waals surface area contributed by atoms with Gasteiger partial charge in [-0.2, -0.15) is 0 Å². The van der Waals surface area contributed by atoms with Crippen LogP contribution in [0.15, 0.2) is 66.8 Å². The quantitative estimate of drug-likeness (QED) is 0.133. The molecule has 1 aliphatic heterocycles. The molecule has 0 aromatic heterocycles. The maximum atomic E-state index is 12.4. The van der Waals surface area contributed by atoms with Gasteiger partial charge in [0.25, 0.3) is 0 Å². The number of rotatable bonds is 14. The van der Waals surface area contributed by atoms with Crippen molar-refractivity contribution in [1.29, 1.82) is 0 Å². The van der Waals surface area contributed by atoms with Crippen LogP contribution in [0, 0.1) is 0 Å². The molecular weight excluding hydrogens is 472 g/mol. The minimum atomic E-state index is -0.458. The van der Waals surface area contributed by atoms with Crippen molar-refractivity contribution < 1.29 is 33.3 Å². The molecule has 1 atom stereocenters. The highest BCUT2D eigenvalue weighted by atomic mass is 16.6. The number of unbranched alkanes of at least 4 members (excludes halogenated alkanes) is 5. The van der Waals surface area contributed by atoms with E-state index in [1.165, 1.54) is 13.2 Å². The van der Waals surface area contributed by atoms with Crippen molar-refractivity contribution in [3.05, 3.63) is 77.9 Å². The van der Waals surface area contributed by atoms with Crippen LogP contribution in [-0.2, 0) is 19.1 Å². The van der Waals surface area contributed by atoms with Crippen LogP contribution in [0.4, 0.5) is 0 Å². The minimum absolute atomic E-state index is 0.0243. The predicted molar refractivity (Wildman–Crippen MR) is 140 cm³/mol. The fourth-order valence-electron chi connectivity index (χ4n) is 3.90. The standard InChI is InChI=1S/C30H34O7/c1-22-21-27(37-29(22)32)9-7-5-3-4-6-8-20-35-25-17-13-24(14-18-25)30(33)36-26-15-10-23(11-16-26)12-19-28(31)34-2/h10-19,27H,1,3-9,20-21H2,2H3/b19-12+. The average Bonchev–Trinajstić information content (AvgIpc) is 3.23. The van der Waals surface area contributed by atoms with E-state index in [-0.39, 0.29) is 12.1 Å². The predicted octanol–water partition coefficient (Wildman–Crippen LogP) is 6.07. The molecule has 0 N–H and O–H groups in total. The molecule has 1 heterocycles. The maximum absolute atomic E-state index is 12.4. The van der Waals surface area contributed by atoms with E-state index in [2.05, 4.69) is 11.3 Å². The third-order valence-electron chi connectivity index (χ3n) is 6.02. The van der Waals surface area contributed by atoms with Crippen molar-refractivity contribution in [1.82, 2.24) is 0 Å². The number of hydrogen-bond donors (Lipinski definition) is 0. The Bertz CT molecular complexity index is 1070. The highest BCUT2D eigenvalue weighted by Crippen LogP contribution is 2.23. The Kier molecular flexibility index (Phi) is 11.0. The van der Waals surface area contributed by atoms with Gasteiger partial charge in [-0.3, -0.25) is 0 Å². The van der Waals surface area contributed by atoms with E-state index in [0.29, 0.717) is 35.7 Å². The van der Waals surface area contributed by atoms with E-state index in [1.54, 1.807) is 54.6 Å². The Morgan fingerprint density at radius 3 is 2.24 bits per heavy atom. The lowest BCUT2D eigenvalue weighted by molar-refractivity contribution is -0.139. The zero-order chi connectivity index (χ0) is 26.5. The summed E-state index contributed by atoms with van der Waals surface area (Å²) in [6.07, 6.45) is 11.1. The molecule has 0 radical (unpaired) electrons. The first-order valence-corrected chi connectivity index (χ1v) is 12.6. The van der Waals surface area contributed by atoms with Crippen molar-refractivity contribution in [3.8, 4) is 11.5 Å². The molecule has 7 heteroatoms. The lowest BCUT2D eigenvalue weighted by Crippen LogP contribution is -2.08. The second-order valence-corrected chi connectivity index (χ2v) is 8.93. The highest BCUT2D eigenvalue weighted by molar-refractivity contribution is 5.91. The molecule has 2 aromatic carbocycles. The number of esters is 3. The van der Waals surface area contributed by atoms with E-state index in [0.717, 1.165) is 50.5 Å². The van der Waals surface area contributed by atoms with Crippen molar-refractivity contribution in [3.63, 3.8) is 0 Å². The molecule has 1 unspecified atom stereocenters. The van der Waals surface area contributed by atoms with Crippen LogP contribution in [0.3, 0.4) is 0 Å². The monoisotopic (exact) mass is 506 g/mol. The molecular formula is C30H34O7. The fraction of sp³-hybridized carbons (Fsp3) is 0.367. The molecule has 3 rings (SSSR count). The zero-order valence-corrected chi connectivity index (χ0v) is 21.3. The molecule has 37 heavy (non-hydrogen) atoms. The second kappa shape index (κ2) is 14.6. The SMILES string of the molecule is C=C1CC(CCCCCCCCOc2ccc(C(=O)Oc3ccc(/C=C/C(=O)OC)cc3)cc2)OC1=O. The van der Waals surface area contributed by atoms with Gasteiger partial charge in [-0.25, -0.2) is 14.4 Å². The van der Waals surface area contributed by atoms with Gasteiger partial charge in [0.05, 0.1) is 19.3 Å². The molecule has 2 aromatic rings. The van der Waals surface area contributed by atoms with Crippen LogP contribution in [0.25, 0.3) is 6.08 Å². The number of benzene rings is 2. The number of carbonyl (C=O) groups excluding carboxylic acids is 3. The average molecular weight is 507 g/mol. The van der Waals surface area contributed by atoms with Crippen molar-refractivity contribution in [2.75, 3.05) is 13.7 Å². The van der Waals surface area contributed by atoms with E-state index >= 15 is 0 Å². The van der Waals surface area contributed by atoms with Crippen LogP contribution >= 0.6 is 0 Å². The van der Waals surface area contributed by atoms with Crippen molar-refractivity contribution >= 4 is 24.0 Å². The smallest absolute Gasteiger partial charge is 0.343 e. The summed E-state index contributed by atoms with van der Waals surface area (Å²) in [7, 11) is 1.32. The molecule has 1 aliphatic rings. The minimum Gasteiger partial charge on any atom is -0.494 e. The van der Waals surface area contributed by atoms with Gasteiger partial charge in [0.1, 0.15) is 17.6 Å². The third kappa shape index (κ3) is 9.60. The van der Waals surface area contributed by atoms with Gasteiger partial charge in [0, 0.05) is 18.1 Å². The number of methoxy groups -OCH3 is 1. The Labute approximate surface area is 218 Å². The van der Waals surface area contributed by atoms with Gasteiger partial charge in [0.2, 0.25) is 0 Å². The molecule has 1 saturated heterocycles. The van der Waals surface area contributed by atoms with Gasteiger partial charge in [-0.05, 0) is 67.3 Å². The molecule has 196 valence electrons. The van der Waals surface area contributed by atoms with Crippen molar-refractivity contribution in [2.24, 2.45) is 0 Å². The van der Waals surface area contributed by atoms with Crippen LogP contribution in [-0.4, -0.2) is 37.7 Å². The number of hydrogen-bond acceptors (Lipinski definition) is 7. The summed E-state index contributed by atoms with van der Waals surface area (Å²) in [5.74, 6) is -0.0120. The number of cyclic esters (lactones) is 1. The number of ether oxygens (including phenoxy) is 4. The van der Waals surface area contributed by atoms with Gasteiger partial charge in [-0.1, -0.05) is 44.4 Å². The summed E-state index contributed by atoms with van der Waals surface area (Å²) < 4.78 is 21.0. The first-order chi connectivity index (χ1) is 17.9. The summed E-state index contributed by atoms with van der Waals surface area (Å²) in [5, 5.41) is 0. The van der Waals surface area contributed by atoms with Gasteiger partial charge < -0.3 is 18.9 Å². The molecule has 0 saturated carbocycles. The maximum Gasteiger partial charge on any atom is 0.343 e. The Morgan fingerprint density at radius 2 is 1.59 bits per heavy atom. The topological polar surface area (TPSA) is 88.1 Å². The van der Waals surface area contributed by atoms with Gasteiger partial charge >= 0.3 is 17.9 Å². The molecule has 0 amide bonds. The van der Waals surface area contributed by atoms with Crippen LogP contribution in [0.2, 0.25) is 0 Å². The zero-order valence-electron chi connectivity index (χ0n) is 21.3. The second-order valence-electron chi connectivity index (χ2n) is 8.93. The van der Waals surface area contributed by atoms with Crippen molar-refractivity contribution in [2.45, 2.75) is 57.5 Å². The van der Waals surface area contributed by atoms with Gasteiger partial charge in [0.15, 0.2) is 0 Å². The van der Waals surface area contributed by atoms with E-state index < -0.39 is 11.9 Å². The summed E-state index contributed by atoms with van der Waals surface area (Å²) in [5.41, 5.74) is 1.81. The lowest BCUT2D eigenvalue weighted by Gasteiger charge is -2.09. The summed E-state index contributed by atoms with van der Waals surface area (Å²) in [4.78, 5) is 34.9. The van der Waals surface area contributed by atoms with E-state index in [4.69, 9.17) is 14.2 Å². The van der Waals surface area contributed by atoms with Crippen LogP contribution < -0.4 is 9.47 Å². The molecule has 7 nitrogen and oxygen atoms in total. The molecule has 0 bridgehead atoms. The fourth-order valence-corrected chi connectivity index (χ4v) is 3.90. The first kappa shape index (κ1) is 27.7.